The third-order valence-electron chi connectivity index (χ3n) is 2.79. The highest BCUT2D eigenvalue weighted by Gasteiger charge is 2.12. The highest BCUT2D eigenvalue weighted by atomic mass is 35.5. The maximum absolute atomic E-state index is 12.0. The van der Waals surface area contributed by atoms with Crippen LogP contribution in [0.5, 0.6) is 0 Å². The quantitative estimate of drug-likeness (QED) is 0.773. The Bertz CT molecular complexity index is 359. The van der Waals surface area contributed by atoms with E-state index in [1.165, 1.54) is 5.56 Å². The van der Waals surface area contributed by atoms with E-state index in [-0.39, 0.29) is 11.9 Å². The standard InChI is InChI=1S/C14H20ClNO2/c1-3-11-4-6-12(7-5-11)14(17)16-13(8-9-15)10-18-2/h4-7,13H,3,8-10H2,1-2H3,(H,16,17). The minimum absolute atomic E-state index is 0.0362. The largest absolute Gasteiger partial charge is 0.383 e. The topological polar surface area (TPSA) is 38.3 Å². The molecule has 0 aliphatic carbocycles. The number of amides is 1. The first-order valence-corrected chi connectivity index (χ1v) is 6.69. The lowest BCUT2D eigenvalue weighted by Crippen LogP contribution is -2.38. The molecule has 3 nitrogen and oxygen atoms in total. The van der Waals surface area contributed by atoms with Crippen LogP contribution in [0.15, 0.2) is 24.3 Å². The first kappa shape index (κ1) is 15.0. The fourth-order valence-corrected chi connectivity index (χ4v) is 1.95. The van der Waals surface area contributed by atoms with E-state index in [0.717, 1.165) is 6.42 Å². The molecule has 1 aromatic rings. The Kier molecular flexibility index (Phi) is 6.76. The zero-order chi connectivity index (χ0) is 13.4. The summed E-state index contributed by atoms with van der Waals surface area (Å²) in [4.78, 5) is 12.0. The Morgan fingerprint density at radius 2 is 2.06 bits per heavy atom. The molecule has 1 atom stereocenters. The van der Waals surface area contributed by atoms with Gasteiger partial charge < -0.3 is 10.1 Å². The Balaban J connectivity index is 2.61. The van der Waals surface area contributed by atoms with Crippen LogP contribution in [0.3, 0.4) is 0 Å². The molecule has 0 radical (unpaired) electrons. The molecule has 0 fully saturated rings. The van der Waals surface area contributed by atoms with E-state index >= 15 is 0 Å². The van der Waals surface area contributed by atoms with Gasteiger partial charge in [0.05, 0.1) is 12.6 Å². The van der Waals surface area contributed by atoms with Crippen LogP contribution in [-0.2, 0) is 11.2 Å². The van der Waals surface area contributed by atoms with Gasteiger partial charge in [-0.2, -0.15) is 0 Å². The van der Waals surface area contributed by atoms with Crippen molar-refractivity contribution in [1.29, 1.82) is 0 Å². The van der Waals surface area contributed by atoms with Gasteiger partial charge in [-0.15, -0.1) is 11.6 Å². The number of alkyl halides is 1. The predicted molar refractivity (Wildman–Crippen MR) is 74.3 cm³/mol. The molecule has 1 aromatic carbocycles. The van der Waals surface area contributed by atoms with Crippen molar-refractivity contribution in [2.75, 3.05) is 19.6 Å². The second-order valence-corrected chi connectivity index (χ2v) is 4.53. The molecular formula is C14H20ClNO2. The van der Waals surface area contributed by atoms with Crippen LogP contribution in [0.1, 0.15) is 29.3 Å². The molecule has 0 aliphatic rings. The average molecular weight is 270 g/mol. The number of nitrogens with one attached hydrogen (secondary N) is 1. The zero-order valence-electron chi connectivity index (χ0n) is 10.9. The van der Waals surface area contributed by atoms with E-state index < -0.39 is 0 Å². The Labute approximate surface area is 113 Å². The number of halogens is 1. The summed E-state index contributed by atoms with van der Waals surface area (Å²) >= 11 is 5.69. The van der Waals surface area contributed by atoms with Gasteiger partial charge in [0, 0.05) is 18.6 Å². The van der Waals surface area contributed by atoms with E-state index in [9.17, 15) is 4.79 Å². The van der Waals surface area contributed by atoms with Gasteiger partial charge in [0.2, 0.25) is 0 Å². The molecule has 1 N–H and O–H groups in total. The van der Waals surface area contributed by atoms with Gasteiger partial charge in [0.15, 0.2) is 0 Å². The SMILES string of the molecule is CCc1ccc(C(=O)NC(CCCl)COC)cc1. The third-order valence-corrected chi connectivity index (χ3v) is 3.00. The van der Waals surface area contributed by atoms with Crippen molar-refractivity contribution in [3.63, 3.8) is 0 Å². The van der Waals surface area contributed by atoms with Crippen molar-refractivity contribution in [2.24, 2.45) is 0 Å². The molecule has 0 spiro atoms. The van der Waals surface area contributed by atoms with Crippen molar-refractivity contribution in [2.45, 2.75) is 25.8 Å². The summed E-state index contributed by atoms with van der Waals surface area (Å²) in [5, 5.41) is 2.92. The molecule has 100 valence electrons. The smallest absolute Gasteiger partial charge is 0.251 e. The number of aryl methyl sites for hydroxylation is 1. The fourth-order valence-electron chi connectivity index (χ4n) is 1.69. The summed E-state index contributed by atoms with van der Waals surface area (Å²) in [5.74, 6) is 0.424. The molecule has 0 saturated heterocycles. The Hall–Kier alpha value is -1.06. The van der Waals surface area contributed by atoms with Crippen molar-refractivity contribution in [1.82, 2.24) is 5.32 Å². The summed E-state index contributed by atoms with van der Waals surface area (Å²) in [6.45, 7) is 2.57. The number of hydrogen-bond donors (Lipinski definition) is 1. The molecule has 1 unspecified atom stereocenters. The predicted octanol–water partition coefficient (Wildman–Crippen LogP) is 2.62. The van der Waals surface area contributed by atoms with Crippen LogP contribution in [0.25, 0.3) is 0 Å². The molecule has 18 heavy (non-hydrogen) atoms. The van der Waals surface area contributed by atoms with Crippen LogP contribution < -0.4 is 5.32 Å². The van der Waals surface area contributed by atoms with Gasteiger partial charge in [-0.3, -0.25) is 4.79 Å². The van der Waals surface area contributed by atoms with Crippen molar-refractivity contribution in [3.05, 3.63) is 35.4 Å². The molecule has 0 saturated carbocycles. The Morgan fingerprint density at radius 3 is 2.56 bits per heavy atom. The molecule has 4 heteroatoms. The van der Waals surface area contributed by atoms with Gasteiger partial charge in [0.1, 0.15) is 0 Å². The van der Waals surface area contributed by atoms with Crippen molar-refractivity contribution in [3.8, 4) is 0 Å². The number of ether oxygens (including phenoxy) is 1. The van der Waals surface area contributed by atoms with Gasteiger partial charge in [0.25, 0.3) is 5.91 Å². The van der Waals surface area contributed by atoms with Gasteiger partial charge in [-0.25, -0.2) is 0 Å². The maximum atomic E-state index is 12.0. The molecule has 0 heterocycles. The Morgan fingerprint density at radius 1 is 1.39 bits per heavy atom. The lowest BCUT2D eigenvalue weighted by molar-refractivity contribution is 0.0895. The average Bonchev–Trinajstić information content (AvgIpc) is 2.39. The van der Waals surface area contributed by atoms with Crippen LogP contribution in [-0.4, -0.2) is 31.5 Å². The summed E-state index contributed by atoms with van der Waals surface area (Å²) in [5.41, 5.74) is 1.89. The molecule has 1 amide bonds. The fraction of sp³-hybridized carbons (Fsp3) is 0.500. The minimum atomic E-state index is -0.0789. The number of benzene rings is 1. The van der Waals surface area contributed by atoms with Gasteiger partial charge in [-0.05, 0) is 30.5 Å². The maximum Gasteiger partial charge on any atom is 0.251 e. The summed E-state index contributed by atoms with van der Waals surface area (Å²) in [6.07, 6.45) is 1.68. The number of carbonyl (C=O) groups excluding carboxylic acids is 1. The number of carbonyl (C=O) groups is 1. The van der Waals surface area contributed by atoms with E-state index in [1.807, 2.05) is 24.3 Å². The monoisotopic (exact) mass is 269 g/mol. The molecular weight excluding hydrogens is 250 g/mol. The number of hydrogen-bond acceptors (Lipinski definition) is 2. The minimum Gasteiger partial charge on any atom is -0.383 e. The van der Waals surface area contributed by atoms with E-state index in [4.69, 9.17) is 16.3 Å². The van der Waals surface area contributed by atoms with Crippen LogP contribution in [0, 0.1) is 0 Å². The highest BCUT2D eigenvalue weighted by molar-refractivity contribution is 6.17. The van der Waals surface area contributed by atoms with Crippen LogP contribution in [0.2, 0.25) is 0 Å². The second-order valence-electron chi connectivity index (χ2n) is 4.15. The first-order chi connectivity index (χ1) is 8.71. The molecule has 0 aliphatic heterocycles. The van der Waals surface area contributed by atoms with Crippen LogP contribution in [0.4, 0.5) is 0 Å². The molecule has 0 bridgehead atoms. The lowest BCUT2D eigenvalue weighted by atomic mass is 10.1. The number of methoxy groups -OCH3 is 1. The van der Waals surface area contributed by atoms with E-state index in [0.29, 0.717) is 24.5 Å². The zero-order valence-corrected chi connectivity index (χ0v) is 11.7. The summed E-state index contributed by atoms with van der Waals surface area (Å²) in [7, 11) is 1.61. The van der Waals surface area contributed by atoms with Crippen LogP contribution >= 0.6 is 11.6 Å². The van der Waals surface area contributed by atoms with E-state index in [2.05, 4.69) is 12.2 Å². The second kappa shape index (κ2) is 8.11. The van der Waals surface area contributed by atoms with Crippen molar-refractivity contribution < 1.29 is 9.53 Å². The summed E-state index contributed by atoms with van der Waals surface area (Å²) < 4.78 is 5.06. The van der Waals surface area contributed by atoms with Gasteiger partial charge in [-0.1, -0.05) is 19.1 Å². The molecule has 0 aromatic heterocycles. The van der Waals surface area contributed by atoms with Crippen molar-refractivity contribution >= 4 is 17.5 Å². The normalized spacial score (nSPS) is 12.2. The lowest BCUT2D eigenvalue weighted by Gasteiger charge is -2.16. The summed E-state index contributed by atoms with van der Waals surface area (Å²) in [6, 6.07) is 7.60. The van der Waals surface area contributed by atoms with Gasteiger partial charge >= 0.3 is 0 Å². The number of rotatable bonds is 7. The highest BCUT2D eigenvalue weighted by Crippen LogP contribution is 2.06. The molecule has 1 rings (SSSR count). The van der Waals surface area contributed by atoms with E-state index in [1.54, 1.807) is 7.11 Å². The third kappa shape index (κ3) is 4.67. The first-order valence-electron chi connectivity index (χ1n) is 6.16.